The molecule has 0 aromatic heterocycles. The quantitative estimate of drug-likeness (QED) is 0.431. The minimum atomic E-state index is -3.25. The van der Waals surface area contributed by atoms with Crippen LogP contribution in [0.5, 0.6) is 0 Å². The van der Waals surface area contributed by atoms with Gasteiger partial charge in [0.15, 0.2) is 5.96 Å². The fourth-order valence-corrected chi connectivity index (χ4v) is 5.21. The SMILES string of the molecule is CCNC(=NCC(C)(O)c1ccccc1)NCCS(=O)(=O)N1CCSCC1. The van der Waals surface area contributed by atoms with E-state index in [9.17, 15) is 13.5 Å². The number of nitrogens with one attached hydrogen (secondary N) is 2. The molecule has 0 spiro atoms. The van der Waals surface area contributed by atoms with E-state index in [1.165, 1.54) is 0 Å². The molecule has 1 unspecified atom stereocenters. The number of hydrogen-bond acceptors (Lipinski definition) is 5. The Kier molecular flexibility index (Phi) is 8.40. The third-order valence-electron chi connectivity index (χ3n) is 4.30. The molecule has 9 heteroatoms. The van der Waals surface area contributed by atoms with Gasteiger partial charge in [0.25, 0.3) is 0 Å². The highest BCUT2D eigenvalue weighted by atomic mass is 32.2. The maximum atomic E-state index is 12.4. The van der Waals surface area contributed by atoms with Gasteiger partial charge in [-0.15, -0.1) is 0 Å². The summed E-state index contributed by atoms with van der Waals surface area (Å²) >= 11 is 1.78. The molecule has 0 amide bonds. The summed E-state index contributed by atoms with van der Waals surface area (Å²) in [6, 6.07) is 9.37. The number of guanidine groups is 1. The number of aliphatic imine (C=N–C) groups is 1. The van der Waals surface area contributed by atoms with Gasteiger partial charge < -0.3 is 15.7 Å². The van der Waals surface area contributed by atoms with Gasteiger partial charge in [-0.3, -0.25) is 0 Å². The summed E-state index contributed by atoms with van der Waals surface area (Å²) in [5, 5.41) is 16.8. The van der Waals surface area contributed by atoms with Crippen molar-refractivity contribution in [3.63, 3.8) is 0 Å². The van der Waals surface area contributed by atoms with Crippen LogP contribution in [-0.4, -0.2) is 73.8 Å². The Morgan fingerprint density at radius 1 is 1.26 bits per heavy atom. The van der Waals surface area contributed by atoms with E-state index in [2.05, 4.69) is 15.6 Å². The Morgan fingerprint density at radius 2 is 1.93 bits per heavy atom. The first kappa shape index (κ1) is 22.0. The van der Waals surface area contributed by atoms with E-state index in [0.29, 0.717) is 25.6 Å². The van der Waals surface area contributed by atoms with Crippen LogP contribution in [-0.2, 0) is 15.6 Å². The van der Waals surface area contributed by atoms with E-state index in [-0.39, 0.29) is 18.8 Å². The first-order valence-electron chi connectivity index (χ1n) is 9.21. The van der Waals surface area contributed by atoms with Crippen molar-refractivity contribution in [3.8, 4) is 0 Å². The van der Waals surface area contributed by atoms with Gasteiger partial charge in [0.05, 0.1) is 12.3 Å². The van der Waals surface area contributed by atoms with Crippen molar-refractivity contribution in [3.05, 3.63) is 35.9 Å². The standard InChI is InChI=1S/C18H30N4O3S2/c1-3-19-17(21-15-18(2,23)16-7-5-4-6-8-16)20-9-14-27(24,25)22-10-12-26-13-11-22/h4-8,23H,3,9-15H2,1-2H3,(H2,19,20,21). The lowest BCUT2D eigenvalue weighted by Crippen LogP contribution is -2.44. The summed E-state index contributed by atoms with van der Waals surface area (Å²) in [6.45, 7) is 5.91. The van der Waals surface area contributed by atoms with Gasteiger partial charge in [-0.2, -0.15) is 11.8 Å². The molecule has 1 aromatic carbocycles. The minimum Gasteiger partial charge on any atom is -0.384 e. The Labute approximate surface area is 166 Å². The van der Waals surface area contributed by atoms with Crippen molar-refractivity contribution in [2.45, 2.75) is 19.4 Å². The van der Waals surface area contributed by atoms with Crippen molar-refractivity contribution in [1.82, 2.24) is 14.9 Å². The Bertz CT molecular complexity index is 703. The van der Waals surface area contributed by atoms with E-state index in [4.69, 9.17) is 0 Å². The summed E-state index contributed by atoms with van der Waals surface area (Å²) in [4.78, 5) is 4.43. The van der Waals surface area contributed by atoms with Gasteiger partial charge in [-0.05, 0) is 19.4 Å². The van der Waals surface area contributed by atoms with Crippen LogP contribution in [0.15, 0.2) is 35.3 Å². The lowest BCUT2D eigenvalue weighted by molar-refractivity contribution is 0.0672. The largest absolute Gasteiger partial charge is 0.384 e. The van der Waals surface area contributed by atoms with Crippen LogP contribution in [0.4, 0.5) is 0 Å². The van der Waals surface area contributed by atoms with E-state index in [1.54, 1.807) is 23.0 Å². The number of sulfonamides is 1. The normalized spacial score (nSPS) is 18.7. The molecule has 1 aliphatic heterocycles. The van der Waals surface area contributed by atoms with Gasteiger partial charge in [0.1, 0.15) is 5.60 Å². The Hall–Kier alpha value is -1.29. The van der Waals surface area contributed by atoms with Crippen LogP contribution in [0, 0.1) is 0 Å². The average Bonchev–Trinajstić information content (AvgIpc) is 2.67. The van der Waals surface area contributed by atoms with Crippen LogP contribution >= 0.6 is 11.8 Å². The fraction of sp³-hybridized carbons (Fsp3) is 0.611. The highest BCUT2D eigenvalue weighted by Gasteiger charge is 2.24. The molecule has 0 bridgehead atoms. The third kappa shape index (κ3) is 6.99. The topological polar surface area (TPSA) is 94.0 Å². The van der Waals surface area contributed by atoms with Crippen molar-refractivity contribution in [1.29, 1.82) is 0 Å². The van der Waals surface area contributed by atoms with E-state index in [0.717, 1.165) is 17.1 Å². The first-order valence-corrected chi connectivity index (χ1v) is 12.0. The molecular formula is C18H30N4O3S2. The molecule has 1 saturated heterocycles. The molecule has 1 aromatic rings. The lowest BCUT2D eigenvalue weighted by Gasteiger charge is -2.26. The van der Waals surface area contributed by atoms with E-state index >= 15 is 0 Å². The highest BCUT2D eigenvalue weighted by molar-refractivity contribution is 7.99. The molecule has 1 aliphatic rings. The molecule has 7 nitrogen and oxygen atoms in total. The number of rotatable bonds is 8. The van der Waals surface area contributed by atoms with Crippen molar-refractivity contribution in [2.75, 3.05) is 50.0 Å². The molecule has 0 radical (unpaired) electrons. The average molecular weight is 415 g/mol. The number of aliphatic hydroxyl groups is 1. The zero-order valence-corrected chi connectivity index (χ0v) is 17.7. The maximum Gasteiger partial charge on any atom is 0.215 e. The van der Waals surface area contributed by atoms with E-state index in [1.807, 2.05) is 37.3 Å². The zero-order chi connectivity index (χ0) is 19.8. The summed E-state index contributed by atoms with van der Waals surface area (Å²) in [7, 11) is -3.25. The molecule has 2 rings (SSSR count). The van der Waals surface area contributed by atoms with Gasteiger partial charge in [-0.1, -0.05) is 30.3 Å². The molecular weight excluding hydrogens is 384 g/mol. The van der Waals surface area contributed by atoms with Crippen LogP contribution in [0.3, 0.4) is 0 Å². The Morgan fingerprint density at radius 3 is 2.56 bits per heavy atom. The van der Waals surface area contributed by atoms with Gasteiger partial charge >= 0.3 is 0 Å². The minimum absolute atomic E-state index is 0.0250. The van der Waals surface area contributed by atoms with Gasteiger partial charge in [0, 0.05) is 37.7 Å². The van der Waals surface area contributed by atoms with Crippen LogP contribution in [0.25, 0.3) is 0 Å². The molecule has 27 heavy (non-hydrogen) atoms. The fourth-order valence-electron chi connectivity index (χ4n) is 2.72. The second-order valence-corrected chi connectivity index (χ2v) is 9.90. The summed E-state index contributed by atoms with van der Waals surface area (Å²) in [5.74, 6) is 2.23. The van der Waals surface area contributed by atoms with E-state index < -0.39 is 15.6 Å². The Balaban J connectivity index is 1.91. The second-order valence-electron chi connectivity index (χ2n) is 6.59. The van der Waals surface area contributed by atoms with Crippen LogP contribution < -0.4 is 10.6 Å². The molecule has 1 heterocycles. The molecule has 0 saturated carbocycles. The zero-order valence-electron chi connectivity index (χ0n) is 16.0. The van der Waals surface area contributed by atoms with Crippen molar-refractivity contribution < 1.29 is 13.5 Å². The molecule has 3 N–H and O–H groups in total. The molecule has 1 fully saturated rings. The van der Waals surface area contributed by atoms with Gasteiger partial charge in [0.2, 0.25) is 10.0 Å². The number of hydrogen-bond donors (Lipinski definition) is 3. The summed E-state index contributed by atoms with van der Waals surface area (Å²) in [5.41, 5.74) is -0.309. The summed E-state index contributed by atoms with van der Waals surface area (Å²) < 4.78 is 26.4. The number of nitrogens with zero attached hydrogens (tertiary/aromatic N) is 2. The van der Waals surface area contributed by atoms with Crippen LogP contribution in [0.1, 0.15) is 19.4 Å². The van der Waals surface area contributed by atoms with Gasteiger partial charge in [-0.25, -0.2) is 17.7 Å². The lowest BCUT2D eigenvalue weighted by atomic mass is 9.96. The second kappa shape index (κ2) is 10.3. The van der Waals surface area contributed by atoms with Crippen molar-refractivity contribution >= 4 is 27.7 Å². The molecule has 1 atom stereocenters. The third-order valence-corrected chi connectivity index (χ3v) is 7.12. The smallest absolute Gasteiger partial charge is 0.215 e. The highest BCUT2D eigenvalue weighted by Crippen LogP contribution is 2.20. The summed E-state index contributed by atoms with van der Waals surface area (Å²) in [6.07, 6.45) is 0. The first-order chi connectivity index (χ1) is 12.8. The maximum absolute atomic E-state index is 12.4. The van der Waals surface area contributed by atoms with Crippen molar-refractivity contribution in [2.24, 2.45) is 4.99 Å². The number of benzene rings is 1. The number of thioether (sulfide) groups is 1. The predicted octanol–water partition coefficient (Wildman–Crippen LogP) is 0.828. The molecule has 0 aliphatic carbocycles. The predicted molar refractivity (Wildman–Crippen MR) is 113 cm³/mol. The monoisotopic (exact) mass is 414 g/mol. The van der Waals surface area contributed by atoms with Crippen LogP contribution in [0.2, 0.25) is 0 Å². The molecule has 152 valence electrons.